The largest absolute Gasteiger partial charge is 0.395 e. The summed E-state index contributed by atoms with van der Waals surface area (Å²) in [4.78, 5) is 2.19. The van der Waals surface area contributed by atoms with Crippen LogP contribution in [0, 0.1) is 5.92 Å². The Morgan fingerprint density at radius 2 is 2.22 bits per heavy atom. The molecule has 0 spiro atoms. The number of hydrogen-bond donors (Lipinski definition) is 1. The van der Waals surface area contributed by atoms with Gasteiger partial charge in [0.1, 0.15) is 0 Å². The maximum absolute atomic E-state index is 8.53. The Hall–Kier alpha value is -0.0800. The Morgan fingerprint density at radius 3 is 2.67 bits per heavy atom. The molecule has 54 valence electrons. The van der Waals surface area contributed by atoms with Crippen molar-refractivity contribution in [2.24, 2.45) is 5.92 Å². The summed E-state index contributed by atoms with van der Waals surface area (Å²) in [7, 11) is 2.06. The lowest BCUT2D eigenvalue weighted by Gasteiger charge is -2.13. The van der Waals surface area contributed by atoms with Gasteiger partial charge in [0.25, 0.3) is 0 Å². The third-order valence-electron chi connectivity index (χ3n) is 1.75. The van der Waals surface area contributed by atoms with Gasteiger partial charge in [0.15, 0.2) is 0 Å². The fourth-order valence-corrected chi connectivity index (χ4v) is 1.00. The quantitative estimate of drug-likeness (QED) is 0.591. The number of likely N-dealkylation sites (N-methyl/N-ethyl adjacent to an activating group) is 1. The minimum atomic E-state index is 0.295. The molecule has 0 aromatic carbocycles. The van der Waals surface area contributed by atoms with Crippen LogP contribution in [0.3, 0.4) is 0 Å². The van der Waals surface area contributed by atoms with Gasteiger partial charge < -0.3 is 10.0 Å². The number of aliphatic hydroxyl groups excluding tert-OH is 1. The molecule has 9 heavy (non-hydrogen) atoms. The Kier molecular flexibility index (Phi) is 2.49. The Bertz CT molecular complexity index is 81.0. The minimum Gasteiger partial charge on any atom is -0.395 e. The van der Waals surface area contributed by atoms with Crippen LogP contribution in [-0.2, 0) is 0 Å². The molecule has 1 N–H and O–H groups in total. The minimum absolute atomic E-state index is 0.295. The molecule has 0 aromatic rings. The van der Waals surface area contributed by atoms with E-state index in [2.05, 4.69) is 11.9 Å². The average molecular weight is 129 g/mol. The van der Waals surface area contributed by atoms with Gasteiger partial charge in [-0.3, -0.25) is 0 Å². The van der Waals surface area contributed by atoms with Crippen molar-refractivity contribution in [1.82, 2.24) is 4.90 Å². The van der Waals surface area contributed by atoms with E-state index in [0.29, 0.717) is 6.61 Å². The van der Waals surface area contributed by atoms with Gasteiger partial charge in [0.05, 0.1) is 6.61 Å². The van der Waals surface area contributed by atoms with Crippen LogP contribution in [0.5, 0.6) is 0 Å². The van der Waals surface area contributed by atoms with Crippen LogP contribution in [-0.4, -0.2) is 36.8 Å². The first-order chi connectivity index (χ1) is 4.33. The van der Waals surface area contributed by atoms with Gasteiger partial charge in [0.2, 0.25) is 0 Å². The predicted octanol–water partition coefficient (Wildman–Crippen LogP) is 0.320. The summed E-state index contributed by atoms with van der Waals surface area (Å²) in [5, 5.41) is 8.53. The molecule has 0 atom stereocenters. The van der Waals surface area contributed by atoms with Crippen molar-refractivity contribution in [2.45, 2.75) is 12.8 Å². The molecule has 0 aliphatic heterocycles. The van der Waals surface area contributed by atoms with Crippen LogP contribution < -0.4 is 0 Å². The Morgan fingerprint density at radius 1 is 1.56 bits per heavy atom. The van der Waals surface area contributed by atoms with Crippen molar-refractivity contribution in [3.8, 4) is 0 Å². The van der Waals surface area contributed by atoms with Crippen LogP contribution in [0.2, 0.25) is 0 Å². The zero-order valence-electron chi connectivity index (χ0n) is 6.01. The molecule has 2 heteroatoms. The lowest BCUT2D eigenvalue weighted by Crippen LogP contribution is -2.24. The molecule has 2 nitrogen and oxygen atoms in total. The lowest BCUT2D eigenvalue weighted by atomic mass is 10.4. The maximum atomic E-state index is 8.53. The Balaban J connectivity index is 1.95. The van der Waals surface area contributed by atoms with Crippen molar-refractivity contribution >= 4 is 0 Å². The maximum Gasteiger partial charge on any atom is 0.0558 e. The van der Waals surface area contributed by atoms with E-state index in [-0.39, 0.29) is 0 Å². The van der Waals surface area contributed by atoms with Gasteiger partial charge in [-0.25, -0.2) is 0 Å². The molecule has 0 bridgehead atoms. The topological polar surface area (TPSA) is 23.5 Å². The van der Waals surface area contributed by atoms with E-state index < -0.39 is 0 Å². The molecule has 1 aliphatic carbocycles. The highest BCUT2D eigenvalue weighted by Crippen LogP contribution is 2.29. The SMILES string of the molecule is CN(CCO)CC1CC1. The van der Waals surface area contributed by atoms with Gasteiger partial charge in [-0.05, 0) is 25.8 Å². The zero-order valence-corrected chi connectivity index (χ0v) is 6.01. The third kappa shape index (κ3) is 2.82. The van der Waals surface area contributed by atoms with E-state index in [1.54, 1.807) is 0 Å². The number of aliphatic hydroxyl groups is 1. The molecule has 1 fully saturated rings. The summed E-state index contributed by atoms with van der Waals surface area (Å²) >= 11 is 0. The molecule has 0 aromatic heterocycles. The van der Waals surface area contributed by atoms with E-state index >= 15 is 0 Å². The second-order valence-electron chi connectivity index (χ2n) is 2.93. The van der Waals surface area contributed by atoms with E-state index in [1.807, 2.05) is 0 Å². The summed E-state index contributed by atoms with van der Waals surface area (Å²) < 4.78 is 0. The van der Waals surface area contributed by atoms with E-state index in [1.165, 1.54) is 19.4 Å². The molecular formula is C7H15NO. The van der Waals surface area contributed by atoms with Crippen LogP contribution in [0.1, 0.15) is 12.8 Å². The molecular weight excluding hydrogens is 114 g/mol. The summed E-state index contributed by atoms with van der Waals surface area (Å²) in [6, 6.07) is 0. The van der Waals surface area contributed by atoms with Gasteiger partial charge in [0, 0.05) is 13.1 Å². The smallest absolute Gasteiger partial charge is 0.0558 e. The number of rotatable bonds is 4. The molecule has 1 saturated carbocycles. The van der Waals surface area contributed by atoms with Crippen LogP contribution >= 0.6 is 0 Å². The van der Waals surface area contributed by atoms with E-state index in [9.17, 15) is 0 Å². The predicted molar refractivity (Wildman–Crippen MR) is 37.3 cm³/mol. The monoisotopic (exact) mass is 129 g/mol. The number of hydrogen-bond acceptors (Lipinski definition) is 2. The first kappa shape index (κ1) is 7.03. The van der Waals surface area contributed by atoms with Crippen LogP contribution in [0.4, 0.5) is 0 Å². The van der Waals surface area contributed by atoms with Crippen LogP contribution in [0.25, 0.3) is 0 Å². The molecule has 0 unspecified atom stereocenters. The molecule has 0 heterocycles. The highest BCUT2D eigenvalue weighted by atomic mass is 16.3. The van der Waals surface area contributed by atoms with E-state index in [4.69, 9.17) is 5.11 Å². The van der Waals surface area contributed by atoms with Gasteiger partial charge >= 0.3 is 0 Å². The molecule has 1 aliphatic rings. The van der Waals surface area contributed by atoms with Crippen molar-refractivity contribution in [3.63, 3.8) is 0 Å². The zero-order chi connectivity index (χ0) is 6.69. The summed E-state index contributed by atoms with van der Waals surface area (Å²) in [5.74, 6) is 0.946. The summed E-state index contributed by atoms with van der Waals surface area (Å²) in [5.41, 5.74) is 0. The third-order valence-corrected chi connectivity index (χ3v) is 1.75. The first-order valence-electron chi connectivity index (χ1n) is 3.62. The highest BCUT2D eigenvalue weighted by Gasteiger charge is 2.22. The molecule has 0 saturated heterocycles. The second-order valence-corrected chi connectivity index (χ2v) is 2.93. The molecule has 1 rings (SSSR count). The standard InChI is InChI=1S/C7H15NO/c1-8(4-5-9)6-7-2-3-7/h7,9H,2-6H2,1H3. The first-order valence-corrected chi connectivity index (χ1v) is 3.62. The number of nitrogens with zero attached hydrogens (tertiary/aromatic N) is 1. The van der Waals surface area contributed by atoms with E-state index in [0.717, 1.165) is 12.5 Å². The van der Waals surface area contributed by atoms with Gasteiger partial charge in [-0.1, -0.05) is 0 Å². The van der Waals surface area contributed by atoms with Gasteiger partial charge in [-0.15, -0.1) is 0 Å². The Labute approximate surface area is 56.5 Å². The van der Waals surface area contributed by atoms with Crippen molar-refractivity contribution < 1.29 is 5.11 Å². The van der Waals surface area contributed by atoms with Crippen molar-refractivity contribution in [2.75, 3.05) is 26.7 Å². The highest BCUT2D eigenvalue weighted by molar-refractivity contribution is 4.75. The second kappa shape index (κ2) is 3.18. The summed E-state index contributed by atoms with van der Waals surface area (Å²) in [6.45, 7) is 2.31. The summed E-state index contributed by atoms with van der Waals surface area (Å²) in [6.07, 6.45) is 2.80. The normalized spacial score (nSPS) is 19.0. The average Bonchev–Trinajstić information content (AvgIpc) is 2.50. The lowest BCUT2D eigenvalue weighted by molar-refractivity contribution is 0.217. The molecule has 0 radical (unpaired) electrons. The fraction of sp³-hybridized carbons (Fsp3) is 1.00. The van der Waals surface area contributed by atoms with Crippen molar-refractivity contribution in [3.05, 3.63) is 0 Å². The van der Waals surface area contributed by atoms with Gasteiger partial charge in [-0.2, -0.15) is 0 Å². The van der Waals surface area contributed by atoms with Crippen LogP contribution in [0.15, 0.2) is 0 Å². The van der Waals surface area contributed by atoms with Crippen molar-refractivity contribution in [1.29, 1.82) is 0 Å². The molecule has 0 amide bonds. The fourth-order valence-electron chi connectivity index (χ4n) is 1.00.